The van der Waals surface area contributed by atoms with Crippen molar-refractivity contribution in [1.82, 2.24) is 4.90 Å². The SMILES string of the molecule is [2H]C1([2H])OC([2H])([2H])C([2H])(O)N(C(=O)OC(C)(C)C)C1([2H])[2H]. The number of aliphatic hydroxyl groups is 1. The van der Waals surface area contributed by atoms with E-state index in [2.05, 4.69) is 4.74 Å². The average molecular weight is 210 g/mol. The zero-order valence-corrected chi connectivity index (χ0v) is 8.12. The Morgan fingerprint density at radius 1 is 1.79 bits per heavy atom. The number of carbonyl (C=O) groups excluding carboxylic acids is 1. The number of hydrogen-bond acceptors (Lipinski definition) is 4. The highest BCUT2D eigenvalue weighted by Crippen LogP contribution is 2.13. The van der Waals surface area contributed by atoms with Gasteiger partial charge in [-0.05, 0) is 20.8 Å². The summed E-state index contributed by atoms with van der Waals surface area (Å²) >= 11 is 0. The summed E-state index contributed by atoms with van der Waals surface area (Å²) in [6.07, 6.45) is -5.11. The van der Waals surface area contributed by atoms with Crippen LogP contribution in [0, 0.1) is 0 Å². The smallest absolute Gasteiger partial charge is 0.412 e. The van der Waals surface area contributed by atoms with Gasteiger partial charge in [-0.1, -0.05) is 0 Å². The first-order valence-electron chi connectivity index (χ1n) is 7.42. The summed E-state index contributed by atoms with van der Waals surface area (Å²) in [6, 6.07) is 0. The van der Waals surface area contributed by atoms with E-state index < -0.39 is 37.5 Å². The zero-order chi connectivity index (χ0) is 17.1. The monoisotopic (exact) mass is 210 g/mol. The standard InChI is InChI=1S/C9H17NO4/c1-9(2,3)14-8(12)10-4-5-13-6-7(10)11/h7,11H,4-6H2,1-3H3/i4D2,5D2,6D2,7D. The van der Waals surface area contributed by atoms with Crippen molar-refractivity contribution in [3.05, 3.63) is 0 Å². The van der Waals surface area contributed by atoms with Crippen molar-refractivity contribution in [1.29, 1.82) is 0 Å². The summed E-state index contributed by atoms with van der Waals surface area (Å²) in [7, 11) is 0. The first-order chi connectivity index (χ1) is 8.96. The second kappa shape index (κ2) is 4.14. The number of morpholine rings is 1. The van der Waals surface area contributed by atoms with Crippen molar-refractivity contribution in [3.63, 3.8) is 0 Å². The molecule has 0 aromatic heterocycles. The maximum atomic E-state index is 12.0. The van der Waals surface area contributed by atoms with Crippen LogP contribution in [0.2, 0.25) is 0 Å². The van der Waals surface area contributed by atoms with Gasteiger partial charge in [0.25, 0.3) is 0 Å². The molecule has 1 rings (SSSR count). The third-order valence-electron chi connectivity index (χ3n) is 1.14. The number of rotatable bonds is 0. The summed E-state index contributed by atoms with van der Waals surface area (Å²) in [5.41, 5.74) is -1.12. The van der Waals surface area contributed by atoms with Gasteiger partial charge in [0, 0.05) is 0 Å². The molecule has 5 nitrogen and oxygen atoms in total. The van der Waals surface area contributed by atoms with E-state index in [0.29, 0.717) is 0 Å². The Kier molecular flexibility index (Phi) is 1.42. The zero-order valence-electron chi connectivity index (χ0n) is 15.1. The molecule has 0 aromatic rings. The third kappa shape index (κ3) is 3.16. The van der Waals surface area contributed by atoms with E-state index in [1.807, 2.05) is 0 Å². The summed E-state index contributed by atoms with van der Waals surface area (Å²) in [4.78, 5) is 11.7. The van der Waals surface area contributed by atoms with Gasteiger partial charge in [0.15, 0.2) is 6.20 Å². The third-order valence-corrected chi connectivity index (χ3v) is 1.14. The Bertz CT molecular complexity index is 420. The van der Waals surface area contributed by atoms with Crippen LogP contribution < -0.4 is 0 Å². The van der Waals surface area contributed by atoms with E-state index in [1.54, 1.807) is 0 Å². The lowest BCUT2D eigenvalue weighted by atomic mass is 10.2. The molecule has 1 N–H and O–H groups in total. The molecule has 0 aromatic carbocycles. The van der Waals surface area contributed by atoms with Crippen LogP contribution in [0.1, 0.15) is 30.4 Å². The molecule has 0 saturated carbocycles. The predicted octanol–water partition coefficient (Wildman–Crippen LogP) is 0.572. The van der Waals surface area contributed by atoms with Gasteiger partial charge >= 0.3 is 6.09 Å². The number of carbonyl (C=O) groups is 1. The van der Waals surface area contributed by atoms with Crippen LogP contribution in [-0.2, 0) is 9.47 Å². The topological polar surface area (TPSA) is 59.0 Å². The average Bonchev–Trinajstić information content (AvgIpc) is 2.08. The van der Waals surface area contributed by atoms with Crippen LogP contribution >= 0.6 is 0 Å². The number of amides is 1. The van der Waals surface area contributed by atoms with Crippen LogP contribution in [0.4, 0.5) is 4.79 Å². The normalized spacial score (nSPS) is 46.9. The van der Waals surface area contributed by atoms with Gasteiger partial charge in [0.05, 0.1) is 29.2 Å². The van der Waals surface area contributed by atoms with E-state index in [4.69, 9.17) is 14.3 Å². The highest BCUT2D eigenvalue weighted by atomic mass is 16.6. The van der Waals surface area contributed by atoms with Gasteiger partial charge in [0.1, 0.15) is 5.60 Å². The maximum absolute atomic E-state index is 12.0. The second-order valence-electron chi connectivity index (χ2n) is 3.56. The molecule has 1 fully saturated rings. The highest BCUT2D eigenvalue weighted by Gasteiger charge is 2.29. The molecule has 82 valence electrons. The van der Waals surface area contributed by atoms with Crippen LogP contribution in [0.25, 0.3) is 0 Å². The van der Waals surface area contributed by atoms with E-state index in [9.17, 15) is 9.90 Å². The lowest BCUT2D eigenvalue weighted by molar-refractivity contribution is -0.104. The van der Waals surface area contributed by atoms with Crippen molar-refractivity contribution in [2.24, 2.45) is 0 Å². The fourth-order valence-corrected chi connectivity index (χ4v) is 0.678. The van der Waals surface area contributed by atoms with Gasteiger partial charge in [-0.3, -0.25) is 4.90 Å². The first-order valence-corrected chi connectivity index (χ1v) is 3.92. The molecule has 1 saturated heterocycles. The molecule has 0 spiro atoms. The molecule has 1 atom stereocenters. The Balaban J connectivity index is 3.37. The lowest BCUT2D eigenvalue weighted by Crippen LogP contribution is -2.50. The summed E-state index contributed by atoms with van der Waals surface area (Å²) in [5.74, 6) is 0. The molecule has 1 unspecified atom stereocenters. The van der Waals surface area contributed by atoms with Crippen molar-refractivity contribution in [2.45, 2.75) is 32.6 Å². The van der Waals surface area contributed by atoms with Crippen molar-refractivity contribution < 1.29 is 29.0 Å². The first kappa shape index (κ1) is 4.81. The highest BCUT2D eigenvalue weighted by molar-refractivity contribution is 5.68. The molecular formula is C9H17NO4. The fourth-order valence-electron chi connectivity index (χ4n) is 0.678. The van der Waals surface area contributed by atoms with Gasteiger partial charge < -0.3 is 14.6 Å². The molecule has 1 amide bonds. The minimum atomic E-state index is -3.52. The van der Waals surface area contributed by atoms with Crippen molar-refractivity contribution in [3.8, 4) is 0 Å². The maximum Gasteiger partial charge on any atom is 0.412 e. The van der Waals surface area contributed by atoms with Crippen LogP contribution in [0.5, 0.6) is 0 Å². The predicted molar refractivity (Wildman–Crippen MR) is 49.8 cm³/mol. The molecule has 1 aliphatic heterocycles. The largest absolute Gasteiger partial charge is 0.444 e. The minimum absolute atomic E-state index is 0.339. The molecule has 0 bridgehead atoms. The van der Waals surface area contributed by atoms with Crippen molar-refractivity contribution >= 4 is 6.09 Å². The van der Waals surface area contributed by atoms with Gasteiger partial charge in [0.2, 0.25) is 0 Å². The Hall–Kier alpha value is -0.810. The van der Waals surface area contributed by atoms with Crippen LogP contribution in [-0.4, -0.2) is 47.5 Å². The van der Waals surface area contributed by atoms with E-state index in [1.165, 1.54) is 20.8 Å². The minimum Gasteiger partial charge on any atom is -0.444 e. The van der Waals surface area contributed by atoms with E-state index in [0.717, 1.165) is 0 Å². The molecule has 5 heteroatoms. The molecule has 1 aliphatic rings. The molecule has 1 heterocycles. The Morgan fingerprint density at radius 3 is 3.00 bits per heavy atom. The molecule has 0 aliphatic carbocycles. The molecular weight excluding hydrogens is 186 g/mol. The summed E-state index contributed by atoms with van der Waals surface area (Å²) < 4.78 is 61.3. The van der Waals surface area contributed by atoms with E-state index >= 15 is 0 Å². The van der Waals surface area contributed by atoms with Gasteiger partial charge in [-0.25, -0.2) is 4.79 Å². The van der Waals surface area contributed by atoms with Crippen LogP contribution in [0.3, 0.4) is 0 Å². The van der Waals surface area contributed by atoms with Crippen LogP contribution in [0.15, 0.2) is 0 Å². The molecule has 0 radical (unpaired) electrons. The number of ether oxygens (including phenoxy) is 2. The van der Waals surface area contributed by atoms with Crippen molar-refractivity contribution in [2.75, 3.05) is 19.6 Å². The summed E-state index contributed by atoms with van der Waals surface area (Å²) in [6.45, 7) is -5.70. The Morgan fingerprint density at radius 2 is 2.43 bits per heavy atom. The van der Waals surface area contributed by atoms with Gasteiger partial charge in [-0.2, -0.15) is 0 Å². The van der Waals surface area contributed by atoms with E-state index in [-0.39, 0.29) is 4.90 Å². The number of nitrogens with zero attached hydrogens (tertiary/aromatic N) is 1. The Labute approximate surface area is 93.4 Å². The lowest BCUT2D eigenvalue weighted by Gasteiger charge is -2.33. The fraction of sp³-hybridized carbons (Fsp3) is 0.889. The summed E-state index contributed by atoms with van der Waals surface area (Å²) in [5, 5.41) is 9.88. The number of hydrogen-bond donors (Lipinski definition) is 1. The second-order valence-corrected chi connectivity index (χ2v) is 3.56. The molecule has 14 heavy (non-hydrogen) atoms. The quantitative estimate of drug-likeness (QED) is 0.635. The van der Waals surface area contributed by atoms with Gasteiger partial charge in [-0.15, -0.1) is 0 Å².